The molecule has 0 saturated carbocycles. The quantitative estimate of drug-likeness (QED) is 0.927. The van der Waals surface area contributed by atoms with Crippen molar-refractivity contribution in [3.63, 3.8) is 0 Å². The highest BCUT2D eigenvalue weighted by molar-refractivity contribution is 5.56. The minimum absolute atomic E-state index is 0.608. The summed E-state index contributed by atoms with van der Waals surface area (Å²) in [5.74, 6) is 2.47. The minimum atomic E-state index is 0.608. The third-order valence-electron chi connectivity index (χ3n) is 3.20. The van der Waals surface area contributed by atoms with Crippen LogP contribution in [-0.2, 0) is 6.54 Å². The van der Waals surface area contributed by atoms with Gasteiger partial charge in [-0.25, -0.2) is 0 Å². The van der Waals surface area contributed by atoms with Crippen LogP contribution in [0.3, 0.4) is 0 Å². The van der Waals surface area contributed by atoms with Gasteiger partial charge in [0.15, 0.2) is 11.5 Å². The van der Waals surface area contributed by atoms with E-state index < -0.39 is 0 Å². The molecule has 4 heteroatoms. The van der Waals surface area contributed by atoms with Gasteiger partial charge in [-0.05, 0) is 29.8 Å². The van der Waals surface area contributed by atoms with Gasteiger partial charge in [-0.3, -0.25) is 0 Å². The standard InChI is InChI=1S/C16H17NO3/c1-18-14-5-3-2-4-13(14)17-11-12-6-7-15-16(10-12)20-9-8-19-15/h2-7,10,17H,8-9,11H2,1H3. The molecule has 1 heterocycles. The number of methoxy groups -OCH3 is 1. The van der Waals surface area contributed by atoms with Crippen LogP contribution >= 0.6 is 0 Å². The maximum absolute atomic E-state index is 5.58. The van der Waals surface area contributed by atoms with E-state index in [2.05, 4.69) is 5.32 Å². The Kier molecular flexibility index (Phi) is 3.63. The fraction of sp³-hybridized carbons (Fsp3) is 0.250. The van der Waals surface area contributed by atoms with Crippen LogP contribution in [0.25, 0.3) is 0 Å². The van der Waals surface area contributed by atoms with Crippen LogP contribution in [0.2, 0.25) is 0 Å². The van der Waals surface area contributed by atoms with Crippen LogP contribution < -0.4 is 19.5 Å². The summed E-state index contributed by atoms with van der Waals surface area (Å²) in [5, 5.41) is 3.37. The van der Waals surface area contributed by atoms with Gasteiger partial charge in [-0.1, -0.05) is 18.2 Å². The number of ether oxygens (including phenoxy) is 3. The largest absolute Gasteiger partial charge is 0.495 e. The van der Waals surface area contributed by atoms with Gasteiger partial charge < -0.3 is 19.5 Å². The summed E-state index contributed by atoms with van der Waals surface area (Å²) in [5.41, 5.74) is 2.12. The maximum atomic E-state index is 5.58. The molecule has 2 aromatic carbocycles. The van der Waals surface area contributed by atoms with Crippen LogP contribution in [-0.4, -0.2) is 20.3 Å². The van der Waals surface area contributed by atoms with E-state index in [-0.39, 0.29) is 0 Å². The second kappa shape index (κ2) is 5.74. The highest BCUT2D eigenvalue weighted by atomic mass is 16.6. The molecule has 1 aliphatic heterocycles. The van der Waals surface area contributed by atoms with Crippen molar-refractivity contribution in [3.8, 4) is 17.2 Å². The highest BCUT2D eigenvalue weighted by Crippen LogP contribution is 2.31. The molecule has 4 nitrogen and oxygen atoms in total. The van der Waals surface area contributed by atoms with Crippen LogP contribution in [0.15, 0.2) is 42.5 Å². The Morgan fingerprint density at radius 1 is 1.05 bits per heavy atom. The summed E-state index contributed by atoms with van der Waals surface area (Å²) in [6, 6.07) is 13.9. The molecule has 0 saturated heterocycles. The van der Waals surface area contributed by atoms with Crippen molar-refractivity contribution in [2.45, 2.75) is 6.54 Å². The molecule has 0 radical (unpaired) electrons. The number of hydrogen-bond donors (Lipinski definition) is 1. The molecule has 0 fully saturated rings. The first-order chi connectivity index (χ1) is 9.86. The van der Waals surface area contributed by atoms with Gasteiger partial charge >= 0.3 is 0 Å². The van der Waals surface area contributed by atoms with E-state index in [0.717, 1.165) is 28.5 Å². The lowest BCUT2D eigenvalue weighted by molar-refractivity contribution is 0.171. The average molecular weight is 271 g/mol. The Morgan fingerprint density at radius 3 is 2.70 bits per heavy atom. The molecule has 0 atom stereocenters. The third-order valence-corrected chi connectivity index (χ3v) is 3.20. The Balaban J connectivity index is 1.72. The van der Waals surface area contributed by atoms with Crippen molar-refractivity contribution >= 4 is 5.69 Å². The van der Waals surface area contributed by atoms with Crippen LogP contribution in [0.1, 0.15) is 5.56 Å². The number of nitrogens with one attached hydrogen (secondary N) is 1. The summed E-state index contributed by atoms with van der Waals surface area (Å²) in [4.78, 5) is 0. The van der Waals surface area contributed by atoms with Crippen molar-refractivity contribution in [1.29, 1.82) is 0 Å². The van der Waals surface area contributed by atoms with Crippen molar-refractivity contribution in [3.05, 3.63) is 48.0 Å². The Bertz CT molecular complexity index is 598. The van der Waals surface area contributed by atoms with Gasteiger partial charge in [0.05, 0.1) is 12.8 Å². The van der Waals surface area contributed by atoms with Crippen molar-refractivity contribution in [1.82, 2.24) is 0 Å². The van der Waals surface area contributed by atoms with E-state index in [1.165, 1.54) is 0 Å². The van der Waals surface area contributed by atoms with E-state index in [1.54, 1.807) is 7.11 Å². The number of para-hydroxylation sites is 2. The molecule has 0 aliphatic carbocycles. The molecule has 0 spiro atoms. The first kappa shape index (κ1) is 12.7. The Hall–Kier alpha value is -2.36. The summed E-state index contributed by atoms with van der Waals surface area (Å²) in [7, 11) is 1.67. The first-order valence-electron chi connectivity index (χ1n) is 6.62. The van der Waals surface area contributed by atoms with Gasteiger partial charge in [0.2, 0.25) is 0 Å². The average Bonchev–Trinajstić information content (AvgIpc) is 2.53. The van der Waals surface area contributed by atoms with E-state index in [9.17, 15) is 0 Å². The lowest BCUT2D eigenvalue weighted by Crippen LogP contribution is -2.15. The van der Waals surface area contributed by atoms with Crippen molar-refractivity contribution < 1.29 is 14.2 Å². The van der Waals surface area contributed by atoms with Crippen molar-refractivity contribution in [2.75, 3.05) is 25.6 Å². The van der Waals surface area contributed by atoms with Gasteiger partial charge in [-0.15, -0.1) is 0 Å². The Labute approximate surface area is 118 Å². The zero-order valence-electron chi connectivity index (χ0n) is 11.4. The topological polar surface area (TPSA) is 39.7 Å². The van der Waals surface area contributed by atoms with Crippen LogP contribution in [0.4, 0.5) is 5.69 Å². The van der Waals surface area contributed by atoms with E-state index >= 15 is 0 Å². The zero-order valence-corrected chi connectivity index (χ0v) is 11.4. The molecule has 1 aliphatic rings. The van der Waals surface area contributed by atoms with E-state index in [0.29, 0.717) is 19.8 Å². The van der Waals surface area contributed by atoms with E-state index in [1.807, 2.05) is 42.5 Å². The summed E-state index contributed by atoms with van der Waals surface area (Å²) < 4.78 is 16.4. The monoisotopic (exact) mass is 271 g/mol. The van der Waals surface area contributed by atoms with Gasteiger partial charge in [-0.2, -0.15) is 0 Å². The predicted octanol–water partition coefficient (Wildman–Crippen LogP) is 3.08. The van der Waals surface area contributed by atoms with E-state index in [4.69, 9.17) is 14.2 Å². The first-order valence-corrected chi connectivity index (χ1v) is 6.62. The predicted molar refractivity (Wildman–Crippen MR) is 77.8 cm³/mol. The van der Waals surface area contributed by atoms with Gasteiger partial charge in [0.25, 0.3) is 0 Å². The number of anilines is 1. The van der Waals surface area contributed by atoms with Gasteiger partial charge in [0, 0.05) is 6.54 Å². The summed E-state index contributed by atoms with van der Waals surface area (Å²) in [6.07, 6.45) is 0. The summed E-state index contributed by atoms with van der Waals surface area (Å²) in [6.45, 7) is 1.93. The molecule has 1 N–H and O–H groups in total. The SMILES string of the molecule is COc1ccccc1NCc1ccc2c(c1)OCCO2. The molecule has 2 aromatic rings. The second-order valence-corrected chi connectivity index (χ2v) is 4.53. The molecular formula is C16H17NO3. The minimum Gasteiger partial charge on any atom is -0.495 e. The molecule has 0 aromatic heterocycles. The summed E-state index contributed by atoms with van der Waals surface area (Å²) >= 11 is 0. The van der Waals surface area contributed by atoms with Crippen molar-refractivity contribution in [2.24, 2.45) is 0 Å². The molecule has 104 valence electrons. The van der Waals surface area contributed by atoms with Crippen LogP contribution in [0.5, 0.6) is 17.2 Å². The molecule has 0 amide bonds. The smallest absolute Gasteiger partial charge is 0.161 e. The lowest BCUT2D eigenvalue weighted by atomic mass is 10.2. The van der Waals surface area contributed by atoms with Crippen LogP contribution in [0, 0.1) is 0 Å². The number of rotatable bonds is 4. The Morgan fingerprint density at radius 2 is 1.85 bits per heavy atom. The zero-order chi connectivity index (χ0) is 13.8. The molecule has 0 bridgehead atoms. The fourth-order valence-electron chi connectivity index (χ4n) is 2.19. The molecule has 20 heavy (non-hydrogen) atoms. The molecule has 0 unspecified atom stereocenters. The highest BCUT2D eigenvalue weighted by Gasteiger charge is 2.11. The van der Waals surface area contributed by atoms with Gasteiger partial charge in [0.1, 0.15) is 19.0 Å². The second-order valence-electron chi connectivity index (χ2n) is 4.53. The number of benzene rings is 2. The fourth-order valence-corrected chi connectivity index (χ4v) is 2.19. The normalized spacial score (nSPS) is 12.8. The molecule has 3 rings (SSSR count). The lowest BCUT2D eigenvalue weighted by Gasteiger charge is -2.19. The maximum Gasteiger partial charge on any atom is 0.161 e. The number of hydrogen-bond acceptors (Lipinski definition) is 4. The molecular weight excluding hydrogens is 254 g/mol. The third kappa shape index (κ3) is 2.64. The number of fused-ring (bicyclic) bond motifs is 1.